The molecule has 0 saturated carbocycles. The number of nitrogens with one attached hydrogen (secondary N) is 1. The van der Waals surface area contributed by atoms with Crippen molar-refractivity contribution in [1.82, 2.24) is 4.98 Å². The Morgan fingerprint density at radius 1 is 1.23 bits per heavy atom. The summed E-state index contributed by atoms with van der Waals surface area (Å²) >= 11 is 0. The van der Waals surface area contributed by atoms with Gasteiger partial charge in [0.25, 0.3) is 0 Å². The van der Waals surface area contributed by atoms with E-state index in [9.17, 15) is 0 Å². The van der Waals surface area contributed by atoms with Crippen LogP contribution in [0, 0.1) is 0 Å². The first-order chi connectivity index (χ1) is 6.38. The van der Waals surface area contributed by atoms with E-state index in [0.29, 0.717) is 0 Å². The van der Waals surface area contributed by atoms with Gasteiger partial charge in [-0.1, -0.05) is 26.2 Å². The number of rotatable bonds is 0. The third-order valence-electron chi connectivity index (χ3n) is 3.21. The smallest absolute Gasteiger partial charge is 0.0182 e. The Bertz CT molecular complexity index is 262. The van der Waals surface area contributed by atoms with Gasteiger partial charge in [0.05, 0.1) is 0 Å². The predicted octanol–water partition coefficient (Wildman–Crippen LogP) is 3.62. The Morgan fingerprint density at radius 3 is 3.00 bits per heavy atom. The average molecular weight is 177 g/mol. The fourth-order valence-corrected chi connectivity index (χ4v) is 2.36. The number of H-pyrrole nitrogens is 1. The summed E-state index contributed by atoms with van der Waals surface area (Å²) in [5.41, 5.74) is 3.07. The topological polar surface area (TPSA) is 15.8 Å². The van der Waals surface area contributed by atoms with Gasteiger partial charge in [-0.2, -0.15) is 0 Å². The number of hydrogen-bond donors (Lipinski definition) is 1. The summed E-state index contributed by atoms with van der Waals surface area (Å²) < 4.78 is 0. The summed E-state index contributed by atoms with van der Waals surface area (Å²) in [6, 6.07) is 2.27. The van der Waals surface area contributed by atoms with Crippen molar-refractivity contribution in [3.8, 4) is 0 Å². The Labute approximate surface area is 80.6 Å². The number of aromatic amines is 1. The van der Waals surface area contributed by atoms with Crippen molar-refractivity contribution in [2.45, 2.75) is 51.4 Å². The summed E-state index contributed by atoms with van der Waals surface area (Å²) in [5.74, 6) is 0.763. The molecular formula is C12H19N. The summed E-state index contributed by atoms with van der Waals surface area (Å²) in [4.78, 5) is 3.38. The van der Waals surface area contributed by atoms with Gasteiger partial charge in [0, 0.05) is 11.9 Å². The normalized spacial score (nSPS) is 24.2. The molecule has 1 aliphatic carbocycles. The summed E-state index contributed by atoms with van der Waals surface area (Å²) in [6.45, 7) is 2.36. The lowest BCUT2D eigenvalue weighted by Gasteiger charge is -2.10. The maximum Gasteiger partial charge on any atom is 0.0182 e. The van der Waals surface area contributed by atoms with Gasteiger partial charge in [0.15, 0.2) is 0 Å². The highest BCUT2D eigenvalue weighted by molar-refractivity contribution is 5.24. The molecule has 0 bridgehead atoms. The standard InChI is InChI=1S/C12H19N/c1-10-6-4-2-3-5-7-12-11(10)8-9-13-12/h8-10,13H,2-7H2,1H3. The predicted molar refractivity (Wildman–Crippen MR) is 56.0 cm³/mol. The van der Waals surface area contributed by atoms with E-state index in [0.717, 1.165) is 5.92 Å². The van der Waals surface area contributed by atoms with Crippen LogP contribution in [0.1, 0.15) is 56.2 Å². The van der Waals surface area contributed by atoms with Crippen molar-refractivity contribution in [2.75, 3.05) is 0 Å². The van der Waals surface area contributed by atoms with Crippen molar-refractivity contribution in [1.29, 1.82) is 0 Å². The maximum absolute atomic E-state index is 3.38. The van der Waals surface area contributed by atoms with Gasteiger partial charge in [-0.25, -0.2) is 0 Å². The molecule has 1 heterocycles. The molecule has 1 aromatic rings. The molecule has 0 aromatic carbocycles. The molecule has 0 radical (unpaired) electrons. The second-order valence-electron chi connectivity index (χ2n) is 4.27. The van der Waals surface area contributed by atoms with Crippen LogP contribution in [-0.2, 0) is 6.42 Å². The lowest BCUT2D eigenvalue weighted by Crippen LogP contribution is -1.95. The van der Waals surface area contributed by atoms with Crippen molar-refractivity contribution >= 4 is 0 Å². The molecule has 72 valence electrons. The molecule has 1 unspecified atom stereocenters. The molecule has 1 nitrogen and oxygen atoms in total. The zero-order valence-corrected chi connectivity index (χ0v) is 8.47. The molecule has 1 heteroatoms. The van der Waals surface area contributed by atoms with Crippen LogP contribution in [0.3, 0.4) is 0 Å². The Kier molecular flexibility index (Phi) is 2.72. The first-order valence-electron chi connectivity index (χ1n) is 5.54. The number of aryl methyl sites for hydroxylation is 1. The zero-order valence-electron chi connectivity index (χ0n) is 8.47. The van der Waals surface area contributed by atoms with Crippen molar-refractivity contribution in [3.63, 3.8) is 0 Å². The van der Waals surface area contributed by atoms with Crippen LogP contribution in [0.4, 0.5) is 0 Å². The first-order valence-corrected chi connectivity index (χ1v) is 5.54. The lowest BCUT2D eigenvalue weighted by molar-refractivity contribution is 0.587. The van der Waals surface area contributed by atoms with E-state index in [1.165, 1.54) is 44.2 Å². The van der Waals surface area contributed by atoms with Crippen LogP contribution in [0.5, 0.6) is 0 Å². The summed E-state index contributed by atoms with van der Waals surface area (Å²) in [6.07, 6.45) is 10.3. The molecule has 13 heavy (non-hydrogen) atoms. The van der Waals surface area contributed by atoms with Crippen LogP contribution in [-0.4, -0.2) is 4.98 Å². The van der Waals surface area contributed by atoms with Gasteiger partial charge in [-0.05, 0) is 36.8 Å². The highest BCUT2D eigenvalue weighted by Gasteiger charge is 2.12. The van der Waals surface area contributed by atoms with Gasteiger partial charge < -0.3 is 4.98 Å². The van der Waals surface area contributed by atoms with Gasteiger partial charge >= 0.3 is 0 Å². The Hall–Kier alpha value is -0.720. The van der Waals surface area contributed by atoms with E-state index in [2.05, 4.69) is 24.2 Å². The summed E-state index contributed by atoms with van der Waals surface area (Å²) in [7, 11) is 0. The van der Waals surface area contributed by atoms with Crippen molar-refractivity contribution in [2.24, 2.45) is 0 Å². The minimum Gasteiger partial charge on any atom is -0.365 e. The number of aromatic nitrogens is 1. The third kappa shape index (κ3) is 1.96. The first kappa shape index (κ1) is 8.86. The average Bonchev–Trinajstić information content (AvgIpc) is 2.58. The fraction of sp³-hybridized carbons (Fsp3) is 0.667. The van der Waals surface area contributed by atoms with E-state index in [-0.39, 0.29) is 0 Å². The highest BCUT2D eigenvalue weighted by atomic mass is 14.7. The number of hydrogen-bond acceptors (Lipinski definition) is 0. The molecule has 0 aliphatic heterocycles. The fourth-order valence-electron chi connectivity index (χ4n) is 2.36. The monoisotopic (exact) mass is 177 g/mol. The largest absolute Gasteiger partial charge is 0.365 e. The van der Waals surface area contributed by atoms with Crippen LogP contribution in [0.25, 0.3) is 0 Å². The van der Waals surface area contributed by atoms with E-state index in [4.69, 9.17) is 0 Å². The second kappa shape index (κ2) is 3.99. The van der Waals surface area contributed by atoms with E-state index in [1.807, 2.05) is 0 Å². The molecule has 0 amide bonds. The molecule has 0 spiro atoms. The number of fused-ring (bicyclic) bond motifs is 1. The van der Waals surface area contributed by atoms with E-state index >= 15 is 0 Å². The lowest BCUT2D eigenvalue weighted by atomic mass is 9.96. The highest BCUT2D eigenvalue weighted by Crippen LogP contribution is 2.27. The molecule has 1 N–H and O–H groups in total. The van der Waals surface area contributed by atoms with Crippen molar-refractivity contribution in [3.05, 3.63) is 23.5 Å². The van der Waals surface area contributed by atoms with Gasteiger partial charge in [0.2, 0.25) is 0 Å². The molecule has 1 aromatic heterocycles. The molecule has 1 atom stereocenters. The Balaban J connectivity index is 2.19. The van der Waals surface area contributed by atoms with Crippen LogP contribution in [0.15, 0.2) is 12.3 Å². The molecular weight excluding hydrogens is 158 g/mol. The van der Waals surface area contributed by atoms with Gasteiger partial charge in [-0.3, -0.25) is 0 Å². The van der Waals surface area contributed by atoms with Gasteiger partial charge in [-0.15, -0.1) is 0 Å². The van der Waals surface area contributed by atoms with Crippen LogP contribution < -0.4 is 0 Å². The summed E-state index contributed by atoms with van der Waals surface area (Å²) in [5, 5.41) is 0. The minimum atomic E-state index is 0.763. The molecule has 1 aliphatic rings. The SMILES string of the molecule is CC1CCCCCCc2[nH]ccc21. The quantitative estimate of drug-likeness (QED) is 0.623. The molecule has 0 fully saturated rings. The molecule has 0 saturated heterocycles. The van der Waals surface area contributed by atoms with Crippen molar-refractivity contribution < 1.29 is 0 Å². The van der Waals surface area contributed by atoms with Gasteiger partial charge in [0.1, 0.15) is 0 Å². The van der Waals surface area contributed by atoms with Crippen LogP contribution in [0.2, 0.25) is 0 Å². The van der Waals surface area contributed by atoms with E-state index < -0.39 is 0 Å². The second-order valence-corrected chi connectivity index (χ2v) is 4.27. The third-order valence-corrected chi connectivity index (χ3v) is 3.21. The Morgan fingerprint density at radius 2 is 2.08 bits per heavy atom. The van der Waals surface area contributed by atoms with E-state index in [1.54, 1.807) is 5.56 Å². The zero-order chi connectivity index (χ0) is 9.10. The maximum atomic E-state index is 3.38. The van der Waals surface area contributed by atoms with Crippen LogP contribution >= 0.6 is 0 Å². The minimum absolute atomic E-state index is 0.763. The molecule has 2 rings (SSSR count).